The number of nitrogens with two attached hydrogens (primary N) is 1. The molecule has 1 aromatic heterocycles. The summed E-state index contributed by atoms with van der Waals surface area (Å²) in [6.45, 7) is 0.347. The molecule has 1 heterocycles. The minimum absolute atomic E-state index is 0.347. The zero-order valence-electron chi connectivity index (χ0n) is 8.41. The summed E-state index contributed by atoms with van der Waals surface area (Å²) in [5.41, 5.74) is 5.43. The van der Waals surface area contributed by atoms with Gasteiger partial charge in [0.2, 0.25) is 11.8 Å². The second-order valence-electron chi connectivity index (χ2n) is 3.93. The van der Waals surface area contributed by atoms with Crippen LogP contribution in [-0.4, -0.2) is 10.2 Å². The van der Waals surface area contributed by atoms with Crippen molar-refractivity contribution in [2.45, 2.75) is 51.0 Å². The summed E-state index contributed by atoms with van der Waals surface area (Å²) in [6, 6.07) is 0. The van der Waals surface area contributed by atoms with E-state index >= 15 is 0 Å². The first kappa shape index (κ1) is 9.65. The first-order valence-corrected chi connectivity index (χ1v) is 5.42. The summed E-state index contributed by atoms with van der Waals surface area (Å²) in [5, 5.41) is 7.95. The van der Waals surface area contributed by atoms with Gasteiger partial charge in [0, 0.05) is 5.92 Å². The molecule has 0 aliphatic heterocycles. The summed E-state index contributed by atoms with van der Waals surface area (Å²) in [5.74, 6) is 1.84. The highest BCUT2D eigenvalue weighted by atomic mass is 16.4. The Balaban J connectivity index is 2.04. The summed E-state index contributed by atoms with van der Waals surface area (Å²) in [6.07, 6.45) is 7.62. The van der Waals surface area contributed by atoms with E-state index in [1.54, 1.807) is 0 Å². The molecule has 0 atom stereocenters. The van der Waals surface area contributed by atoms with Crippen LogP contribution in [0.3, 0.4) is 0 Å². The maximum atomic E-state index is 5.48. The molecule has 78 valence electrons. The molecule has 0 bridgehead atoms. The fourth-order valence-corrected chi connectivity index (χ4v) is 2.04. The van der Waals surface area contributed by atoms with Crippen molar-refractivity contribution >= 4 is 0 Å². The van der Waals surface area contributed by atoms with Gasteiger partial charge < -0.3 is 10.2 Å². The second kappa shape index (κ2) is 4.55. The Labute approximate surface area is 83.9 Å². The molecule has 0 unspecified atom stereocenters. The summed E-state index contributed by atoms with van der Waals surface area (Å²) in [4.78, 5) is 0. The Hall–Kier alpha value is -0.900. The van der Waals surface area contributed by atoms with Gasteiger partial charge in [0.05, 0.1) is 6.54 Å². The van der Waals surface area contributed by atoms with Crippen LogP contribution in [0, 0.1) is 0 Å². The van der Waals surface area contributed by atoms with Gasteiger partial charge in [-0.05, 0) is 12.8 Å². The molecule has 4 heteroatoms. The minimum Gasteiger partial charge on any atom is -0.424 e. The molecule has 14 heavy (non-hydrogen) atoms. The van der Waals surface area contributed by atoms with Crippen LogP contribution < -0.4 is 5.73 Å². The summed E-state index contributed by atoms with van der Waals surface area (Å²) >= 11 is 0. The van der Waals surface area contributed by atoms with Crippen LogP contribution in [0.25, 0.3) is 0 Å². The highest BCUT2D eigenvalue weighted by Crippen LogP contribution is 2.30. The molecule has 0 aromatic carbocycles. The van der Waals surface area contributed by atoms with E-state index in [4.69, 9.17) is 10.2 Å². The number of nitrogens with zero attached hydrogens (tertiary/aromatic N) is 2. The third-order valence-corrected chi connectivity index (χ3v) is 2.86. The van der Waals surface area contributed by atoms with Crippen LogP contribution in [0.15, 0.2) is 4.42 Å². The number of rotatable bonds is 2. The van der Waals surface area contributed by atoms with E-state index in [0.717, 1.165) is 5.89 Å². The van der Waals surface area contributed by atoms with Crippen molar-refractivity contribution in [3.05, 3.63) is 11.8 Å². The Kier molecular flexibility index (Phi) is 3.14. The topological polar surface area (TPSA) is 64.9 Å². The zero-order valence-corrected chi connectivity index (χ0v) is 8.41. The van der Waals surface area contributed by atoms with Crippen molar-refractivity contribution in [1.29, 1.82) is 0 Å². The molecule has 4 nitrogen and oxygen atoms in total. The van der Waals surface area contributed by atoms with Gasteiger partial charge in [-0.3, -0.25) is 0 Å². The summed E-state index contributed by atoms with van der Waals surface area (Å²) in [7, 11) is 0. The van der Waals surface area contributed by atoms with Crippen molar-refractivity contribution in [1.82, 2.24) is 10.2 Å². The van der Waals surface area contributed by atoms with Crippen LogP contribution in [0.4, 0.5) is 0 Å². The lowest BCUT2D eigenvalue weighted by molar-refractivity contribution is 0.396. The monoisotopic (exact) mass is 195 g/mol. The van der Waals surface area contributed by atoms with Gasteiger partial charge in [-0.2, -0.15) is 0 Å². The highest BCUT2D eigenvalue weighted by Gasteiger charge is 2.19. The molecule has 1 aliphatic carbocycles. The van der Waals surface area contributed by atoms with Crippen LogP contribution in [0.1, 0.15) is 56.2 Å². The van der Waals surface area contributed by atoms with Gasteiger partial charge in [-0.1, -0.05) is 25.7 Å². The fraction of sp³-hybridized carbons (Fsp3) is 0.800. The lowest BCUT2D eigenvalue weighted by atomic mass is 10.0. The Bertz CT molecular complexity index is 277. The van der Waals surface area contributed by atoms with E-state index < -0.39 is 0 Å². The molecule has 2 rings (SSSR count). The maximum absolute atomic E-state index is 5.48. The standard InChI is InChI=1S/C10H17N3O/c11-7-9-12-13-10(14-9)8-5-3-1-2-4-6-8/h8H,1-7,11H2. The Morgan fingerprint density at radius 1 is 1.14 bits per heavy atom. The predicted molar refractivity (Wildman–Crippen MR) is 52.6 cm³/mol. The molecule has 1 aromatic rings. The van der Waals surface area contributed by atoms with Crippen molar-refractivity contribution in [2.24, 2.45) is 5.73 Å². The lowest BCUT2D eigenvalue weighted by Crippen LogP contribution is -1.97. The number of hydrogen-bond donors (Lipinski definition) is 1. The van der Waals surface area contributed by atoms with E-state index in [2.05, 4.69) is 10.2 Å². The molecule has 0 radical (unpaired) electrons. The average Bonchev–Trinajstić information content (AvgIpc) is 2.53. The quantitative estimate of drug-likeness (QED) is 0.733. The summed E-state index contributed by atoms with van der Waals surface area (Å²) < 4.78 is 5.48. The molecule has 0 amide bonds. The second-order valence-corrected chi connectivity index (χ2v) is 3.93. The third-order valence-electron chi connectivity index (χ3n) is 2.86. The molecule has 2 N–H and O–H groups in total. The van der Waals surface area contributed by atoms with Gasteiger partial charge in [0.25, 0.3) is 0 Å². The fourth-order valence-electron chi connectivity index (χ4n) is 2.04. The third kappa shape index (κ3) is 2.12. The smallest absolute Gasteiger partial charge is 0.230 e. The molecule has 0 saturated heterocycles. The molecular formula is C10H17N3O. The van der Waals surface area contributed by atoms with Gasteiger partial charge in [-0.25, -0.2) is 0 Å². The van der Waals surface area contributed by atoms with Crippen LogP contribution in [0.5, 0.6) is 0 Å². The average molecular weight is 195 g/mol. The highest BCUT2D eigenvalue weighted by molar-refractivity contribution is 4.92. The number of aromatic nitrogens is 2. The maximum Gasteiger partial charge on any atom is 0.230 e. The van der Waals surface area contributed by atoms with Crippen molar-refractivity contribution in [2.75, 3.05) is 0 Å². The molecule has 0 spiro atoms. The van der Waals surface area contributed by atoms with Gasteiger partial charge in [0.15, 0.2) is 0 Å². The van der Waals surface area contributed by atoms with Crippen molar-refractivity contribution in [3.8, 4) is 0 Å². The Morgan fingerprint density at radius 3 is 2.43 bits per heavy atom. The normalized spacial score (nSPS) is 19.5. The van der Waals surface area contributed by atoms with E-state index in [-0.39, 0.29) is 0 Å². The van der Waals surface area contributed by atoms with Crippen molar-refractivity contribution in [3.63, 3.8) is 0 Å². The molecule has 1 aliphatic rings. The van der Waals surface area contributed by atoms with Crippen molar-refractivity contribution < 1.29 is 4.42 Å². The molecular weight excluding hydrogens is 178 g/mol. The molecule has 1 fully saturated rings. The SMILES string of the molecule is NCc1nnc(C2CCCCCC2)o1. The van der Waals surface area contributed by atoms with Gasteiger partial charge >= 0.3 is 0 Å². The van der Waals surface area contributed by atoms with E-state index in [9.17, 15) is 0 Å². The first-order valence-electron chi connectivity index (χ1n) is 5.42. The van der Waals surface area contributed by atoms with E-state index in [1.807, 2.05) is 0 Å². The van der Waals surface area contributed by atoms with Crippen LogP contribution >= 0.6 is 0 Å². The largest absolute Gasteiger partial charge is 0.424 e. The molecule has 1 saturated carbocycles. The van der Waals surface area contributed by atoms with Crippen LogP contribution in [-0.2, 0) is 6.54 Å². The van der Waals surface area contributed by atoms with Gasteiger partial charge in [0.1, 0.15) is 0 Å². The zero-order chi connectivity index (χ0) is 9.80. The minimum atomic E-state index is 0.347. The van der Waals surface area contributed by atoms with Gasteiger partial charge in [-0.15, -0.1) is 10.2 Å². The van der Waals surface area contributed by atoms with E-state index in [0.29, 0.717) is 18.4 Å². The van der Waals surface area contributed by atoms with E-state index in [1.165, 1.54) is 38.5 Å². The Morgan fingerprint density at radius 2 is 1.86 bits per heavy atom. The predicted octanol–water partition coefficient (Wildman–Crippen LogP) is 1.97. The number of hydrogen-bond acceptors (Lipinski definition) is 4. The first-order chi connectivity index (χ1) is 6.90. The lowest BCUT2D eigenvalue weighted by Gasteiger charge is -2.07. The van der Waals surface area contributed by atoms with Crippen LogP contribution in [0.2, 0.25) is 0 Å².